The van der Waals surface area contributed by atoms with E-state index < -0.39 is 17.6 Å². The van der Waals surface area contributed by atoms with Gasteiger partial charge in [-0.15, -0.1) is 0 Å². The summed E-state index contributed by atoms with van der Waals surface area (Å²) >= 11 is 12.3. The minimum Gasteiger partial charge on any atom is -0.334 e. The fraction of sp³-hybridized carbons (Fsp3) is 0.367. The van der Waals surface area contributed by atoms with Gasteiger partial charge < -0.3 is 4.90 Å². The Kier molecular flexibility index (Phi) is 7.96. The molecule has 0 aliphatic heterocycles. The van der Waals surface area contributed by atoms with Gasteiger partial charge in [-0.3, -0.25) is 4.79 Å². The number of nitrogens with zero attached hydrogens (tertiary/aromatic N) is 1. The van der Waals surface area contributed by atoms with Crippen molar-refractivity contribution in [3.63, 3.8) is 0 Å². The lowest BCUT2D eigenvalue weighted by Crippen LogP contribution is -2.33. The van der Waals surface area contributed by atoms with Gasteiger partial charge in [-0.1, -0.05) is 74.3 Å². The van der Waals surface area contributed by atoms with Gasteiger partial charge in [0.05, 0.1) is 5.56 Å². The zero-order valence-corrected chi connectivity index (χ0v) is 22.6. The van der Waals surface area contributed by atoms with Gasteiger partial charge in [0.25, 0.3) is 5.91 Å². The van der Waals surface area contributed by atoms with Crippen LogP contribution in [0, 0.1) is 0 Å². The molecule has 4 rings (SSSR count). The molecule has 37 heavy (non-hydrogen) atoms. The van der Waals surface area contributed by atoms with Gasteiger partial charge in [-0.05, 0) is 83.2 Å². The summed E-state index contributed by atoms with van der Waals surface area (Å²) in [5.41, 5.74) is 3.20. The second-order valence-corrected chi connectivity index (χ2v) is 11.7. The van der Waals surface area contributed by atoms with E-state index in [0.717, 1.165) is 41.7 Å². The number of amides is 1. The van der Waals surface area contributed by atoms with E-state index in [4.69, 9.17) is 23.2 Å². The SMILES string of the molecule is CC(C)(C)c1ccc(CN(CCc2cc(Cl)cc(C3CC3)c2)C(=O)c2cc(Cl)cc(C(F)(F)F)c2)cc1. The molecule has 0 atom stereocenters. The Labute approximate surface area is 226 Å². The Hall–Kier alpha value is -2.50. The van der Waals surface area contributed by atoms with Crippen LogP contribution >= 0.6 is 23.2 Å². The first-order valence-electron chi connectivity index (χ1n) is 12.4. The highest BCUT2D eigenvalue weighted by atomic mass is 35.5. The van der Waals surface area contributed by atoms with Gasteiger partial charge in [-0.2, -0.15) is 13.2 Å². The molecule has 7 heteroatoms. The first kappa shape index (κ1) is 27.5. The topological polar surface area (TPSA) is 20.3 Å². The largest absolute Gasteiger partial charge is 0.416 e. The molecule has 1 aliphatic rings. The summed E-state index contributed by atoms with van der Waals surface area (Å²) < 4.78 is 40.2. The van der Waals surface area contributed by atoms with Gasteiger partial charge in [0.2, 0.25) is 0 Å². The number of carbonyl (C=O) groups is 1. The molecule has 0 radical (unpaired) electrons. The number of hydrogen-bond donors (Lipinski definition) is 0. The lowest BCUT2D eigenvalue weighted by atomic mass is 9.87. The van der Waals surface area contributed by atoms with E-state index in [0.29, 0.717) is 23.9 Å². The summed E-state index contributed by atoms with van der Waals surface area (Å²) in [7, 11) is 0. The van der Waals surface area contributed by atoms with Crippen LogP contribution in [0.15, 0.2) is 60.7 Å². The van der Waals surface area contributed by atoms with E-state index in [-0.39, 0.29) is 22.5 Å². The van der Waals surface area contributed by atoms with Crippen LogP contribution in [-0.4, -0.2) is 17.4 Å². The Balaban J connectivity index is 1.62. The van der Waals surface area contributed by atoms with Crippen LogP contribution in [0.4, 0.5) is 13.2 Å². The molecule has 0 heterocycles. The summed E-state index contributed by atoms with van der Waals surface area (Å²) in [5.74, 6) is 0.0288. The molecule has 1 saturated carbocycles. The molecule has 0 unspecified atom stereocenters. The van der Waals surface area contributed by atoms with Crippen LogP contribution in [0.5, 0.6) is 0 Å². The van der Waals surface area contributed by atoms with Gasteiger partial charge in [-0.25, -0.2) is 0 Å². The molecule has 1 aliphatic carbocycles. The molecule has 0 bridgehead atoms. The predicted octanol–water partition coefficient (Wildman–Crippen LogP) is 9.07. The van der Waals surface area contributed by atoms with E-state index in [2.05, 4.69) is 26.8 Å². The Morgan fingerprint density at radius 1 is 0.865 bits per heavy atom. The van der Waals surface area contributed by atoms with E-state index in [1.807, 2.05) is 36.4 Å². The highest BCUT2D eigenvalue weighted by Gasteiger charge is 2.32. The molecular weight excluding hydrogens is 518 g/mol. The summed E-state index contributed by atoms with van der Waals surface area (Å²) in [6.45, 7) is 6.94. The number of rotatable bonds is 7. The molecule has 0 spiro atoms. The minimum absolute atomic E-state index is 0.0192. The predicted molar refractivity (Wildman–Crippen MR) is 143 cm³/mol. The molecule has 0 aromatic heterocycles. The Morgan fingerprint density at radius 3 is 2.11 bits per heavy atom. The quantitative estimate of drug-likeness (QED) is 0.289. The molecular formula is C30H30Cl2F3NO. The molecule has 196 valence electrons. The average Bonchev–Trinajstić information content (AvgIpc) is 3.65. The lowest BCUT2D eigenvalue weighted by Gasteiger charge is -2.25. The molecule has 1 fully saturated rings. The zero-order valence-electron chi connectivity index (χ0n) is 21.1. The highest BCUT2D eigenvalue weighted by Crippen LogP contribution is 2.41. The van der Waals surface area contributed by atoms with Crippen LogP contribution in [-0.2, 0) is 24.6 Å². The smallest absolute Gasteiger partial charge is 0.334 e. The number of benzene rings is 3. The highest BCUT2D eigenvalue weighted by molar-refractivity contribution is 6.31. The summed E-state index contributed by atoms with van der Waals surface area (Å²) in [4.78, 5) is 15.1. The fourth-order valence-electron chi connectivity index (χ4n) is 4.38. The third kappa shape index (κ3) is 7.30. The summed E-state index contributed by atoms with van der Waals surface area (Å²) in [5, 5.41) is 0.524. The lowest BCUT2D eigenvalue weighted by molar-refractivity contribution is -0.137. The standard InChI is InChI=1S/C30H30Cl2F3NO/c1-29(2,3)24-8-4-19(5-9-24)18-36(11-10-20-12-22(21-6-7-21)15-26(31)13-20)28(37)23-14-25(30(33,34)35)17-27(32)16-23/h4-5,8-9,12-17,21H,6-7,10-11,18H2,1-3H3. The maximum Gasteiger partial charge on any atom is 0.416 e. The second-order valence-electron chi connectivity index (χ2n) is 10.8. The van der Waals surface area contributed by atoms with Gasteiger partial charge in [0, 0.05) is 28.7 Å². The van der Waals surface area contributed by atoms with Crippen molar-refractivity contribution in [2.75, 3.05) is 6.54 Å². The van der Waals surface area contributed by atoms with Crippen molar-refractivity contribution < 1.29 is 18.0 Å². The molecule has 3 aromatic carbocycles. The van der Waals surface area contributed by atoms with Crippen molar-refractivity contribution in [2.45, 2.75) is 64.1 Å². The maximum absolute atomic E-state index is 13.6. The molecule has 3 aromatic rings. The third-order valence-electron chi connectivity index (χ3n) is 6.65. The van der Waals surface area contributed by atoms with Gasteiger partial charge in [0.15, 0.2) is 0 Å². The maximum atomic E-state index is 13.6. The summed E-state index contributed by atoms with van der Waals surface area (Å²) in [6, 6.07) is 17.0. The fourth-order valence-corrected chi connectivity index (χ4v) is 4.88. The van der Waals surface area contributed by atoms with Gasteiger partial charge >= 0.3 is 6.18 Å². The van der Waals surface area contributed by atoms with Crippen molar-refractivity contribution in [3.8, 4) is 0 Å². The average molecular weight is 548 g/mol. The third-order valence-corrected chi connectivity index (χ3v) is 7.09. The molecule has 0 N–H and O–H groups in total. The van der Waals surface area contributed by atoms with Crippen molar-refractivity contribution in [2.24, 2.45) is 0 Å². The van der Waals surface area contributed by atoms with Crippen molar-refractivity contribution >= 4 is 29.1 Å². The first-order valence-corrected chi connectivity index (χ1v) is 13.1. The second kappa shape index (κ2) is 10.7. The van der Waals surface area contributed by atoms with Crippen molar-refractivity contribution in [3.05, 3.63) is 104 Å². The van der Waals surface area contributed by atoms with E-state index in [9.17, 15) is 18.0 Å². The minimum atomic E-state index is -4.60. The molecule has 0 saturated heterocycles. The number of halogens is 5. The van der Waals surface area contributed by atoms with Crippen LogP contribution < -0.4 is 0 Å². The van der Waals surface area contributed by atoms with E-state index in [1.54, 1.807) is 4.90 Å². The van der Waals surface area contributed by atoms with Gasteiger partial charge in [0.1, 0.15) is 0 Å². The van der Waals surface area contributed by atoms with Crippen LogP contribution in [0.2, 0.25) is 10.0 Å². The van der Waals surface area contributed by atoms with Crippen molar-refractivity contribution in [1.29, 1.82) is 0 Å². The van der Waals surface area contributed by atoms with E-state index >= 15 is 0 Å². The van der Waals surface area contributed by atoms with Crippen LogP contribution in [0.25, 0.3) is 0 Å². The Bertz CT molecular complexity index is 1280. The number of carbonyl (C=O) groups excluding carboxylic acids is 1. The Morgan fingerprint density at radius 2 is 1.51 bits per heavy atom. The van der Waals surface area contributed by atoms with Crippen molar-refractivity contribution in [1.82, 2.24) is 4.90 Å². The van der Waals surface area contributed by atoms with Crippen LogP contribution in [0.3, 0.4) is 0 Å². The van der Waals surface area contributed by atoms with Crippen LogP contribution in [0.1, 0.15) is 77.7 Å². The normalized spacial score (nSPS) is 14.1. The summed E-state index contributed by atoms with van der Waals surface area (Å²) in [6.07, 6.45) is -1.79. The molecule has 2 nitrogen and oxygen atoms in total. The number of alkyl halides is 3. The van der Waals surface area contributed by atoms with E-state index in [1.165, 1.54) is 11.6 Å². The molecule has 1 amide bonds. The zero-order chi connectivity index (χ0) is 27.0. The monoisotopic (exact) mass is 547 g/mol. The first-order chi connectivity index (χ1) is 17.3. The number of hydrogen-bond acceptors (Lipinski definition) is 1.